The predicted molar refractivity (Wildman–Crippen MR) is 82.7 cm³/mol. The zero-order valence-electron chi connectivity index (χ0n) is 12.9. The maximum Gasteiger partial charge on any atom is 0.261 e. The lowest BCUT2D eigenvalue weighted by Crippen LogP contribution is -2.32. The molecular weight excluding hydrogens is 298 g/mol. The molecule has 0 saturated carbocycles. The maximum atomic E-state index is 12.1. The van der Waals surface area contributed by atoms with E-state index in [0.29, 0.717) is 17.5 Å². The lowest BCUT2D eigenvalue weighted by atomic mass is 10.1. The summed E-state index contributed by atoms with van der Waals surface area (Å²) in [6, 6.07) is 6.68. The molecule has 0 unspecified atom stereocenters. The van der Waals surface area contributed by atoms with Gasteiger partial charge < -0.3 is 10.6 Å². The average molecular weight is 317 g/mol. The van der Waals surface area contributed by atoms with Crippen molar-refractivity contribution in [3.8, 4) is 0 Å². The van der Waals surface area contributed by atoms with Gasteiger partial charge in [-0.05, 0) is 18.6 Å². The number of benzene rings is 1. The number of carbonyl (C=O) groups excluding carboxylic acids is 4. The summed E-state index contributed by atoms with van der Waals surface area (Å²) >= 11 is 0. The van der Waals surface area contributed by atoms with Gasteiger partial charge in [0.2, 0.25) is 11.8 Å². The van der Waals surface area contributed by atoms with Gasteiger partial charge in [-0.3, -0.25) is 24.1 Å². The first kappa shape index (κ1) is 16.7. The second kappa shape index (κ2) is 7.53. The Hall–Kier alpha value is -2.70. The molecule has 0 atom stereocenters. The van der Waals surface area contributed by atoms with Gasteiger partial charge in [0.15, 0.2) is 0 Å². The Labute approximate surface area is 134 Å². The van der Waals surface area contributed by atoms with E-state index in [1.807, 2.05) is 0 Å². The highest BCUT2D eigenvalue weighted by Gasteiger charge is 2.34. The SMILES string of the molecule is CNC(=O)CCNC(=O)CCCN1C(=O)c2ccccc2C1=O. The van der Waals surface area contributed by atoms with Crippen LogP contribution >= 0.6 is 0 Å². The number of imide groups is 1. The van der Waals surface area contributed by atoms with Gasteiger partial charge in [0.1, 0.15) is 0 Å². The minimum Gasteiger partial charge on any atom is -0.359 e. The van der Waals surface area contributed by atoms with E-state index < -0.39 is 0 Å². The highest BCUT2D eigenvalue weighted by atomic mass is 16.2. The Kier molecular flexibility index (Phi) is 5.46. The number of nitrogens with one attached hydrogen (secondary N) is 2. The van der Waals surface area contributed by atoms with Crippen molar-refractivity contribution in [2.45, 2.75) is 19.3 Å². The average Bonchev–Trinajstić information content (AvgIpc) is 2.80. The van der Waals surface area contributed by atoms with Gasteiger partial charge in [0.05, 0.1) is 11.1 Å². The monoisotopic (exact) mass is 317 g/mol. The number of carbonyl (C=O) groups is 4. The topological polar surface area (TPSA) is 95.6 Å². The Morgan fingerprint density at radius 2 is 1.61 bits per heavy atom. The van der Waals surface area contributed by atoms with Crippen LogP contribution in [0.5, 0.6) is 0 Å². The van der Waals surface area contributed by atoms with Gasteiger partial charge >= 0.3 is 0 Å². The summed E-state index contributed by atoms with van der Waals surface area (Å²) in [4.78, 5) is 48.1. The minimum atomic E-state index is -0.314. The van der Waals surface area contributed by atoms with Crippen molar-refractivity contribution in [3.63, 3.8) is 0 Å². The van der Waals surface area contributed by atoms with Crippen molar-refractivity contribution < 1.29 is 19.2 Å². The van der Waals surface area contributed by atoms with E-state index in [9.17, 15) is 19.2 Å². The molecule has 0 fully saturated rings. The van der Waals surface area contributed by atoms with Crippen LogP contribution in [-0.2, 0) is 9.59 Å². The molecule has 1 aliphatic heterocycles. The lowest BCUT2D eigenvalue weighted by Gasteiger charge is -2.13. The Balaban J connectivity index is 1.75. The molecule has 7 heteroatoms. The molecular formula is C16H19N3O4. The van der Waals surface area contributed by atoms with Crippen LogP contribution in [0.2, 0.25) is 0 Å². The number of nitrogens with zero attached hydrogens (tertiary/aromatic N) is 1. The molecule has 0 aliphatic carbocycles. The second-order valence-electron chi connectivity index (χ2n) is 5.18. The molecule has 0 saturated heterocycles. The van der Waals surface area contributed by atoms with Crippen LogP contribution in [-0.4, -0.2) is 48.7 Å². The van der Waals surface area contributed by atoms with Crippen molar-refractivity contribution in [2.24, 2.45) is 0 Å². The van der Waals surface area contributed by atoms with Crippen LogP contribution in [0, 0.1) is 0 Å². The Morgan fingerprint density at radius 3 is 2.17 bits per heavy atom. The normalized spacial score (nSPS) is 13.0. The number of hydrogen-bond acceptors (Lipinski definition) is 4. The largest absolute Gasteiger partial charge is 0.359 e. The first-order valence-electron chi connectivity index (χ1n) is 7.47. The van der Waals surface area contributed by atoms with Crippen LogP contribution < -0.4 is 10.6 Å². The standard InChI is InChI=1S/C16H19N3O4/c1-17-13(20)8-9-18-14(21)7-4-10-19-15(22)11-5-2-3-6-12(11)16(19)23/h2-3,5-6H,4,7-10H2,1H3,(H,17,20)(H,18,21). The van der Waals surface area contributed by atoms with Crippen LogP contribution in [0.1, 0.15) is 40.0 Å². The van der Waals surface area contributed by atoms with Gasteiger partial charge in [-0.2, -0.15) is 0 Å². The molecule has 0 bridgehead atoms. The highest BCUT2D eigenvalue weighted by Crippen LogP contribution is 2.22. The highest BCUT2D eigenvalue weighted by molar-refractivity contribution is 6.21. The predicted octanol–water partition coefficient (Wildman–Crippen LogP) is 0.315. The van der Waals surface area contributed by atoms with E-state index in [1.165, 1.54) is 11.9 Å². The van der Waals surface area contributed by atoms with E-state index in [-0.39, 0.29) is 49.6 Å². The zero-order valence-corrected chi connectivity index (χ0v) is 12.9. The summed E-state index contributed by atoms with van der Waals surface area (Å²) in [5.41, 5.74) is 0.819. The maximum absolute atomic E-state index is 12.1. The molecule has 7 nitrogen and oxygen atoms in total. The van der Waals surface area contributed by atoms with Crippen molar-refractivity contribution >= 4 is 23.6 Å². The van der Waals surface area contributed by atoms with Crippen molar-refractivity contribution in [1.82, 2.24) is 15.5 Å². The number of amides is 4. The third-order valence-corrected chi connectivity index (χ3v) is 3.62. The van der Waals surface area contributed by atoms with E-state index in [2.05, 4.69) is 10.6 Å². The quantitative estimate of drug-likeness (QED) is 0.708. The van der Waals surface area contributed by atoms with E-state index in [1.54, 1.807) is 24.3 Å². The fraction of sp³-hybridized carbons (Fsp3) is 0.375. The van der Waals surface area contributed by atoms with E-state index in [4.69, 9.17) is 0 Å². The van der Waals surface area contributed by atoms with Crippen LogP contribution in [0.15, 0.2) is 24.3 Å². The lowest BCUT2D eigenvalue weighted by molar-refractivity contribution is -0.122. The fourth-order valence-corrected chi connectivity index (χ4v) is 2.37. The molecule has 0 radical (unpaired) electrons. The van der Waals surface area contributed by atoms with E-state index in [0.717, 1.165) is 0 Å². The molecule has 1 aromatic rings. The Morgan fingerprint density at radius 1 is 1.00 bits per heavy atom. The molecule has 1 aromatic carbocycles. The molecule has 1 heterocycles. The molecule has 1 aliphatic rings. The minimum absolute atomic E-state index is 0.142. The zero-order chi connectivity index (χ0) is 16.8. The molecule has 23 heavy (non-hydrogen) atoms. The number of rotatable bonds is 7. The second-order valence-corrected chi connectivity index (χ2v) is 5.18. The molecule has 2 rings (SSSR count). The molecule has 0 aromatic heterocycles. The van der Waals surface area contributed by atoms with Crippen molar-refractivity contribution in [1.29, 1.82) is 0 Å². The van der Waals surface area contributed by atoms with Crippen LogP contribution in [0.4, 0.5) is 0 Å². The van der Waals surface area contributed by atoms with E-state index >= 15 is 0 Å². The van der Waals surface area contributed by atoms with Gasteiger partial charge in [-0.25, -0.2) is 0 Å². The first-order chi connectivity index (χ1) is 11.0. The summed E-state index contributed by atoms with van der Waals surface area (Å²) in [6.07, 6.45) is 0.805. The third-order valence-electron chi connectivity index (χ3n) is 3.62. The number of hydrogen-bond donors (Lipinski definition) is 2. The summed E-state index contributed by atoms with van der Waals surface area (Å²) < 4.78 is 0. The van der Waals surface area contributed by atoms with Crippen molar-refractivity contribution in [2.75, 3.05) is 20.1 Å². The Bertz CT molecular complexity index is 607. The smallest absolute Gasteiger partial charge is 0.261 e. The van der Waals surface area contributed by atoms with Crippen LogP contribution in [0.25, 0.3) is 0 Å². The molecule has 122 valence electrons. The number of fused-ring (bicyclic) bond motifs is 1. The summed E-state index contributed by atoms with van der Waals surface area (Å²) in [6.45, 7) is 0.473. The van der Waals surface area contributed by atoms with Crippen LogP contribution in [0.3, 0.4) is 0 Å². The fourth-order valence-electron chi connectivity index (χ4n) is 2.37. The van der Waals surface area contributed by atoms with Gasteiger partial charge in [-0.15, -0.1) is 0 Å². The summed E-state index contributed by atoms with van der Waals surface area (Å²) in [5.74, 6) is -0.974. The third kappa shape index (κ3) is 3.94. The van der Waals surface area contributed by atoms with Gasteiger partial charge in [0, 0.05) is 33.0 Å². The summed E-state index contributed by atoms with van der Waals surface area (Å²) in [5, 5.41) is 5.09. The van der Waals surface area contributed by atoms with Crippen molar-refractivity contribution in [3.05, 3.63) is 35.4 Å². The summed E-state index contributed by atoms with van der Waals surface area (Å²) in [7, 11) is 1.53. The molecule has 0 spiro atoms. The first-order valence-corrected chi connectivity index (χ1v) is 7.47. The van der Waals surface area contributed by atoms with Gasteiger partial charge in [0.25, 0.3) is 11.8 Å². The molecule has 4 amide bonds. The van der Waals surface area contributed by atoms with Gasteiger partial charge in [-0.1, -0.05) is 12.1 Å². The molecule has 2 N–H and O–H groups in total.